The van der Waals surface area contributed by atoms with Gasteiger partial charge in [-0.1, -0.05) is 53.9 Å². The van der Waals surface area contributed by atoms with Crippen LogP contribution in [0.4, 0.5) is 0 Å². The molecule has 194 valence electrons. The Morgan fingerprint density at radius 1 is 1.11 bits per heavy atom. The number of hydrogen-bond acceptors (Lipinski definition) is 6. The number of halogens is 2. The van der Waals surface area contributed by atoms with Crippen LogP contribution < -0.4 is 0 Å². The van der Waals surface area contributed by atoms with E-state index in [4.69, 9.17) is 27.9 Å². The summed E-state index contributed by atoms with van der Waals surface area (Å²) in [6, 6.07) is 11.9. The second-order valence-corrected chi connectivity index (χ2v) is 11.3. The molecule has 1 unspecified atom stereocenters. The molecule has 1 atom stereocenters. The highest BCUT2D eigenvalue weighted by Gasteiger charge is 2.29. The van der Waals surface area contributed by atoms with Crippen molar-refractivity contribution >= 4 is 50.1 Å². The molecule has 1 N–H and O–H groups in total. The van der Waals surface area contributed by atoms with Crippen molar-refractivity contribution in [2.45, 2.75) is 50.5 Å². The van der Waals surface area contributed by atoms with Crippen molar-refractivity contribution in [2.75, 3.05) is 20.2 Å². The molecule has 0 aliphatic heterocycles. The van der Waals surface area contributed by atoms with E-state index in [1.54, 1.807) is 19.1 Å². The highest BCUT2D eigenvalue weighted by molar-refractivity contribution is 7.89. The van der Waals surface area contributed by atoms with Gasteiger partial charge in [-0.05, 0) is 44.9 Å². The summed E-state index contributed by atoms with van der Waals surface area (Å²) in [6.45, 7) is 4.19. The van der Waals surface area contributed by atoms with Gasteiger partial charge in [0.2, 0.25) is 10.0 Å². The summed E-state index contributed by atoms with van der Waals surface area (Å²) >= 11 is 13.0. The van der Waals surface area contributed by atoms with Gasteiger partial charge in [0.25, 0.3) is 0 Å². The Morgan fingerprint density at radius 2 is 1.86 bits per heavy atom. The molecule has 36 heavy (non-hydrogen) atoms. The van der Waals surface area contributed by atoms with Crippen LogP contribution in [0.5, 0.6) is 0 Å². The fourth-order valence-electron chi connectivity index (χ4n) is 3.94. The number of nitrogens with zero attached hydrogens (tertiary/aromatic N) is 2. The summed E-state index contributed by atoms with van der Waals surface area (Å²) in [6.07, 6.45) is 0.869. The number of fused-ring (bicyclic) bond motifs is 1. The molecule has 10 heteroatoms. The van der Waals surface area contributed by atoms with Gasteiger partial charge >= 0.3 is 5.97 Å². The Balaban J connectivity index is 1.84. The quantitative estimate of drug-likeness (QED) is 0.243. The number of unbranched alkanes of at least 4 members (excludes halogenated alkanes) is 2. The van der Waals surface area contributed by atoms with E-state index in [2.05, 4.69) is 4.98 Å². The summed E-state index contributed by atoms with van der Waals surface area (Å²) in [5, 5.41) is 12.1. The summed E-state index contributed by atoms with van der Waals surface area (Å²) in [4.78, 5) is 15.9. The van der Waals surface area contributed by atoms with Crippen LogP contribution in [0.3, 0.4) is 0 Å². The van der Waals surface area contributed by atoms with E-state index in [-0.39, 0.29) is 33.0 Å². The van der Waals surface area contributed by atoms with Crippen LogP contribution in [0.25, 0.3) is 10.9 Å². The summed E-state index contributed by atoms with van der Waals surface area (Å²) < 4.78 is 32.8. The van der Waals surface area contributed by atoms with Gasteiger partial charge in [-0.15, -0.1) is 0 Å². The zero-order valence-electron chi connectivity index (χ0n) is 20.5. The number of carbonyl (C=O) groups excluding carboxylic acids is 1. The topological polar surface area (TPSA) is 96.8 Å². The number of esters is 1. The molecule has 0 bridgehead atoms. The Morgan fingerprint density at radius 3 is 2.58 bits per heavy atom. The predicted octanol–water partition coefficient (Wildman–Crippen LogP) is 5.68. The first-order valence-corrected chi connectivity index (χ1v) is 13.9. The van der Waals surface area contributed by atoms with Crippen LogP contribution in [0.1, 0.15) is 55.5 Å². The second-order valence-electron chi connectivity index (χ2n) is 8.49. The van der Waals surface area contributed by atoms with E-state index in [1.807, 2.05) is 25.1 Å². The summed E-state index contributed by atoms with van der Waals surface area (Å²) in [5.41, 5.74) is 1.95. The number of aromatic nitrogens is 1. The number of benzene rings is 2. The number of aryl methyl sites for hydroxylation is 1. The number of rotatable bonds is 11. The first-order chi connectivity index (χ1) is 17.1. The standard InChI is InChI=1S/C26H30Cl2N2O5S/c1-4-35-22(31)11-6-5-7-16-30(3)36(33,34)21-15-14-20(27)23(24(21)28)26(32)19-10-8-9-18-13-12-17(2)29-25(18)19/h8-10,12-15,26,32H,4-7,11,16H2,1-3H3. The maximum atomic E-state index is 13.3. The molecule has 0 fully saturated rings. The van der Waals surface area contributed by atoms with Crippen molar-refractivity contribution in [3.63, 3.8) is 0 Å². The van der Waals surface area contributed by atoms with Gasteiger partial charge < -0.3 is 9.84 Å². The molecule has 0 radical (unpaired) electrons. The molecule has 0 aliphatic rings. The van der Waals surface area contributed by atoms with Gasteiger partial charge in [0.1, 0.15) is 11.0 Å². The largest absolute Gasteiger partial charge is 0.466 e. The molecule has 0 amide bonds. The van der Waals surface area contributed by atoms with E-state index in [0.717, 1.165) is 11.1 Å². The highest BCUT2D eigenvalue weighted by atomic mass is 35.5. The molecular weight excluding hydrogens is 523 g/mol. The molecule has 0 saturated carbocycles. The predicted molar refractivity (Wildman–Crippen MR) is 142 cm³/mol. The minimum absolute atomic E-state index is 0.109. The van der Waals surface area contributed by atoms with Crippen molar-refractivity contribution in [2.24, 2.45) is 0 Å². The number of carbonyl (C=O) groups is 1. The van der Waals surface area contributed by atoms with Gasteiger partial charge in [0, 0.05) is 47.2 Å². The van der Waals surface area contributed by atoms with Gasteiger partial charge in [-0.2, -0.15) is 0 Å². The molecule has 3 rings (SSSR count). The SMILES string of the molecule is CCOC(=O)CCCCCN(C)S(=O)(=O)c1ccc(Cl)c(C(O)c2cccc3ccc(C)nc23)c1Cl. The van der Waals surface area contributed by atoms with Crippen molar-refractivity contribution in [1.82, 2.24) is 9.29 Å². The average Bonchev–Trinajstić information content (AvgIpc) is 2.83. The normalized spacial score (nSPS) is 12.8. The number of para-hydroxylation sites is 1. The van der Waals surface area contributed by atoms with Crippen molar-refractivity contribution in [1.29, 1.82) is 0 Å². The Labute approximate surface area is 222 Å². The average molecular weight is 554 g/mol. The fourth-order valence-corrected chi connectivity index (χ4v) is 6.10. The number of aliphatic hydroxyl groups excluding tert-OH is 1. The zero-order chi connectivity index (χ0) is 26.5. The zero-order valence-corrected chi connectivity index (χ0v) is 22.8. The minimum Gasteiger partial charge on any atom is -0.466 e. The maximum Gasteiger partial charge on any atom is 0.305 e. The van der Waals surface area contributed by atoms with Crippen LogP contribution in [0.15, 0.2) is 47.4 Å². The number of aliphatic hydroxyl groups is 1. The molecule has 3 aromatic rings. The first-order valence-electron chi connectivity index (χ1n) is 11.7. The van der Waals surface area contributed by atoms with Crippen LogP contribution in [0.2, 0.25) is 10.0 Å². The molecular formula is C26H30Cl2N2O5S. The Kier molecular flexibility index (Phi) is 9.72. The van der Waals surface area contributed by atoms with E-state index in [9.17, 15) is 18.3 Å². The molecule has 1 heterocycles. The number of hydrogen-bond donors (Lipinski definition) is 1. The molecule has 0 aliphatic carbocycles. The molecule has 1 aromatic heterocycles. The smallest absolute Gasteiger partial charge is 0.305 e. The highest BCUT2D eigenvalue weighted by Crippen LogP contribution is 2.40. The fraction of sp³-hybridized carbons (Fsp3) is 0.385. The third-order valence-electron chi connectivity index (χ3n) is 5.90. The van der Waals surface area contributed by atoms with Gasteiger partial charge in [-0.3, -0.25) is 9.78 Å². The van der Waals surface area contributed by atoms with Gasteiger partial charge in [-0.25, -0.2) is 12.7 Å². The van der Waals surface area contributed by atoms with Gasteiger partial charge in [0.15, 0.2) is 0 Å². The minimum atomic E-state index is -3.96. The van der Waals surface area contributed by atoms with E-state index < -0.39 is 16.1 Å². The molecule has 2 aromatic carbocycles. The molecule has 7 nitrogen and oxygen atoms in total. The summed E-state index contributed by atoms with van der Waals surface area (Å²) in [7, 11) is -2.49. The van der Waals surface area contributed by atoms with E-state index in [1.165, 1.54) is 23.5 Å². The Bertz CT molecular complexity index is 1350. The lowest BCUT2D eigenvalue weighted by atomic mass is 9.98. The van der Waals surface area contributed by atoms with Crippen LogP contribution in [0, 0.1) is 6.92 Å². The number of sulfonamides is 1. The van der Waals surface area contributed by atoms with E-state index >= 15 is 0 Å². The van der Waals surface area contributed by atoms with Crippen molar-refractivity contribution in [3.8, 4) is 0 Å². The third kappa shape index (κ3) is 6.36. The first kappa shape index (κ1) is 28.3. The molecule has 0 spiro atoms. The van der Waals surface area contributed by atoms with Crippen molar-refractivity contribution < 1.29 is 23.1 Å². The Hall–Kier alpha value is -2.23. The van der Waals surface area contributed by atoms with Crippen LogP contribution >= 0.6 is 23.2 Å². The number of ether oxygens (including phenoxy) is 1. The lowest BCUT2D eigenvalue weighted by molar-refractivity contribution is -0.143. The molecule has 0 saturated heterocycles. The lowest BCUT2D eigenvalue weighted by Crippen LogP contribution is -2.28. The van der Waals surface area contributed by atoms with Crippen LogP contribution in [-0.2, 0) is 19.6 Å². The monoisotopic (exact) mass is 552 g/mol. The van der Waals surface area contributed by atoms with Crippen LogP contribution in [-0.4, -0.2) is 49.0 Å². The van der Waals surface area contributed by atoms with Gasteiger partial charge in [0.05, 0.1) is 17.1 Å². The summed E-state index contributed by atoms with van der Waals surface area (Å²) in [5.74, 6) is -0.255. The second kappa shape index (κ2) is 12.3. The third-order valence-corrected chi connectivity index (χ3v) is 8.65. The van der Waals surface area contributed by atoms with E-state index in [0.29, 0.717) is 43.4 Å². The van der Waals surface area contributed by atoms with Crippen molar-refractivity contribution in [3.05, 3.63) is 69.3 Å². The lowest BCUT2D eigenvalue weighted by Gasteiger charge is -2.22. The maximum absolute atomic E-state index is 13.3. The number of pyridine rings is 1.